The number of nitrogens with zero attached hydrogens (tertiary/aromatic N) is 1. The Morgan fingerprint density at radius 3 is 2.55 bits per heavy atom. The second-order valence-electron chi connectivity index (χ2n) is 7.73. The molecule has 2 fully saturated rings. The highest BCUT2D eigenvalue weighted by molar-refractivity contribution is 8.77. The van der Waals surface area contributed by atoms with Gasteiger partial charge in [0.15, 0.2) is 5.78 Å². The Kier molecular flexibility index (Phi) is 8.15. The van der Waals surface area contributed by atoms with Gasteiger partial charge in [-0.3, -0.25) is 14.5 Å². The number of hydrogen-bond donors (Lipinski definition) is 3. The average Bonchev–Trinajstić information content (AvgIpc) is 3.55. The van der Waals surface area contributed by atoms with Crippen molar-refractivity contribution >= 4 is 39.3 Å². The van der Waals surface area contributed by atoms with Gasteiger partial charge in [-0.1, -0.05) is 39.8 Å². The van der Waals surface area contributed by atoms with Crippen molar-refractivity contribution in [2.24, 2.45) is 11.7 Å². The number of aliphatic carboxylic acids is 2. The summed E-state index contributed by atoms with van der Waals surface area (Å²) in [4.78, 5) is 37.2. The van der Waals surface area contributed by atoms with Crippen LogP contribution in [0.15, 0.2) is 35.9 Å². The van der Waals surface area contributed by atoms with Gasteiger partial charge in [0.1, 0.15) is 11.9 Å². The molecule has 1 aromatic rings. The summed E-state index contributed by atoms with van der Waals surface area (Å²) in [5, 5.41) is 18.1. The summed E-state index contributed by atoms with van der Waals surface area (Å²) in [6, 6.07) is 4.49. The quantitative estimate of drug-likeness (QED) is 0.351. The molecule has 168 valence electrons. The molecule has 4 N–H and O–H groups in total. The average molecular weight is 469 g/mol. The molecule has 0 aromatic heterocycles. The van der Waals surface area contributed by atoms with Crippen molar-refractivity contribution < 1.29 is 29.0 Å². The molecular formula is C21H25FN2O5S2. The van der Waals surface area contributed by atoms with Crippen LogP contribution < -0.4 is 5.73 Å². The number of Topliss-reactive ketones (excluding diaryl/α,β-unsaturated/α-hetero) is 1. The molecule has 31 heavy (non-hydrogen) atoms. The molecule has 0 amide bonds. The standard InChI is InChI=1S/C21H25FN2O5S2/c22-15-4-2-1-3-14(15)19(20(27)12-5-6-12)24-8-7-17(13(10-24)9-18(25)26)31-30-11-16(23)21(28)29/h1-4,9,12,16-17,19H,5-8,10-11,23H2,(H,25,26)(H,28,29)/t16-,17?,19?/m0/s1. The first kappa shape index (κ1) is 23.8. The fourth-order valence-electron chi connectivity index (χ4n) is 3.60. The second-order valence-corrected chi connectivity index (χ2v) is 10.3. The van der Waals surface area contributed by atoms with E-state index in [0.717, 1.165) is 18.9 Å². The zero-order chi connectivity index (χ0) is 22.5. The summed E-state index contributed by atoms with van der Waals surface area (Å²) >= 11 is 0. The van der Waals surface area contributed by atoms with E-state index in [1.165, 1.54) is 27.7 Å². The minimum atomic E-state index is -1.09. The largest absolute Gasteiger partial charge is 0.480 e. The zero-order valence-corrected chi connectivity index (χ0v) is 18.4. The number of carboxylic acid groups (broad SMARTS) is 2. The van der Waals surface area contributed by atoms with E-state index in [1.54, 1.807) is 18.2 Å². The van der Waals surface area contributed by atoms with Crippen molar-refractivity contribution in [3.05, 3.63) is 47.3 Å². The number of rotatable bonds is 10. The molecule has 1 heterocycles. The van der Waals surface area contributed by atoms with E-state index in [-0.39, 0.29) is 29.2 Å². The van der Waals surface area contributed by atoms with E-state index in [4.69, 9.17) is 10.8 Å². The van der Waals surface area contributed by atoms with Gasteiger partial charge in [0.25, 0.3) is 0 Å². The van der Waals surface area contributed by atoms with Crippen molar-refractivity contribution in [3.8, 4) is 0 Å². The molecule has 2 aliphatic rings. The lowest BCUT2D eigenvalue weighted by Crippen LogP contribution is -2.43. The third kappa shape index (κ3) is 6.31. The zero-order valence-electron chi connectivity index (χ0n) is 16.8. The van der Waals surface area contributed by atoms with Gasteiger partial charge in [0.05, 0.1) is 6.04 Å². The van der Waals surface area contributed by atoms with Crippen molar-refractivity contribution in [2.75, 3.05) is 18.8 Å². The summed E-state index contributed by atoms with van der Waals surface area (Å²) < 4.78 is 14.6. The third-order valence-electron chi connectivity index (χ3n) is 5.35. The van der Waals surface area contributed by atoms with Gasteiger partial charge in [0, 0.05) is 41.6 Å². The highest BCUT2D eigenvalue weighted by atomic mass is 33.1. The van der Waals surface area contributed by atoms with E-state index in [9.17, 15) is 23.9 Å². The number of nitrogens with two attached hydrogens (primary N) is 1. The maximum Gasteiger partial charge on any atom is 0.328 e. The van der Waals surface area contributed by atoms with Gasteiger partial charge >= 0.3 is 11.9 Å². The van der Waals surface area contributed by atoms with Crippen LogP contribution in [0.1, 0.15) is 30.9 Å². The molecule has 0 radical (unpaired) electrons. The first-order chi connectivity index (χ1) is 14.8. The van der Waals surface area contributed by atoms with Crippen molar-refractivity contribution in [3.63, 3.8) is 0 Å². The van der Waals surface area contributed by atoms with E-state index in [2.05, 4.69) is 0 Å². The Labute approximate surface area is 187 Å². The topological polar surface area (TPSA) is 121 Å². The first-order valence-electron chi connectivity index (χ1n) is 10.00. The summed E-state index contributed by atoms with van der Waals surface area (Å²) in [5.74, 6) is -2.52. The predicted octanol–water partition coefficient (Wildman–Crippen LogP) is 2.72. The van der Waals surface area contributed by atoms with Crippen LogP contribution in [0.4, 0.5) is 4.39 Å². The Morgan fingerprint density at radius 1 is 1.23 bits per heavy atom. The van der Waals surface area contributed by atoms with E-state index in [1.807, 2.05) is 4.90 Å². The van der Waals surface area contributed by atoms with Gasteiger partial charge in [0.2, 0.25) is 0 Å². The molecule has 3 atom stereocenters. The SMILES string of the molecule is N[C@@H](CSSC1CCN(C(C(=O)C2CC2)c2ccccc2F)CC1=CC(=O)O)C(=O)O. The summed E-state index contributed by atoms with van der Waals surface area (Å²) in [6.45, 7) is 0.727. The molecule has 1 aromatic carbocycles. The van der Waals surface area contributed by atoms with E-state index in [0.29, 0.717) is 24.1 Å². The lowest BCUT2D eigenvalue weighted by atomic mass is 9.93. The molecule has 1 aliphatic heterocycles. The molecule has 1 saturated heterocycles. The number of ketones is 1. The van der Waals surface area contributed by atoms with Gasteiger partial charge < -0.3 is 15.9 Å². The van der Waals surface area contributed by atoms with Crippen molar-refractivity contribution in [1.82, 2.24) is 4.90 Å². The van der Waals surface area contributed by atoms with Crippen LogP contribution in [0, 0.1) is 11.7 Å². The van der Waals surface area contributed by atoms with Crippen LogP contribution in [-0.2, 0) is 14.4 Å². The molecule has 10 heteroatoms. The Hall–Kier alpha value is -1.88. The number of hydrogen-bond acceptors (Lipinski definition) is 7. The molecule has 2 unspecified atom stereocenters. The normalized spacial score (nSPS) is 22.8. The Morgan fingerprint density at radius 2 is 1.94 bits per heavy atom. The molecule has 0 bridgehead atoms. The number of carboxylic acids is 2. The number of carbonyl (C=O) groups is 3. The fourth-order valence-corrected chi connectivity index (χ4v) is 6.42. The minimum absolute atomic E-state index is 0.0207. The van der Waals surface area contributed by atoms with Gasteiger partial charge in [-0.05, 0) is 30.9 Å². The van der Waals surface area contributed by atoms with Crippen LogP contribution in [0.2, 0.25) is 0 Å². The lowest BCUT2D eigenvalue weighted by Gasteiger charge is -2.38. The van der Waals surface area contributed by atoms with Crippen LogP contribution in [0.5, 0.6) is 0 Å². The van der Waals surface area contributed by atoms with Crippen LogP contribution >= 0.6 is 21.6 Å². The molecular weight excluding hydrogens is 443 g/mol. The molecule has 1 aliphatic carbocycles. The number of likely N-dealkylation sites (tertiary alicyclic amines) is 1. The molecule has 3 rings (SSSR count). The number of benzene rings is 1. The van der Waals surface area contributed by atoms with Crippen LogP contribution in [0.3, 0.4) is 0 Å². The first-order valence-corrected chi connectivity index (χ1v) is 12.4. The highest BCUT2D eigenvalue weighted by Gasteiger charge is 2.41. The lowest BCUT2D eigenvalue weighted by molar-refractivity contribution is -0.138. The highest BCUT2D eigenvalue weighted by Crippen LogP contribution is 2.42. The van der Waals surface area contributed by atoms with Gasteiger partial charge in [-0.15, -0.1) is 0 Å². The second kappa shape index (κ2) is 10.6. The monoisotopic (exact) mass is 468 g/mol. The number of halogens is 1. The van der Waals surface area contributed by atoms with E-state index >= 15 is 0 Å². The van der Waals surface area contributed by atoms with E-state index < -0.39 is 29.8 Å². The summed E-state index contributed by atoms with van der Waals surface area (Å²) in [6.07, 6.45) is 3.30. The molecule has 1 saturated carbocycles. The number of piperidine rings is 1. The predicted molar refractivity (Wildman–Crippen MR) is 118 cm³/mol. The van der Waals surface area contributed by atoms with Crippen molar-refractivity contribution in [2.45, 2.75) is 36.6 Å². The molecule has 0 spiro atoms. The summed E-state index contributed by atoms with van der Waals surface area (Å²) in [5.41, 5.74) is 6.47. The maximum absolute atomic E-state index is 14.6. The fraction of sp³-hybridized carbons (Fsp3) is 0.476. The van der Waals surface area contributed by atoms with Crippen molar-refractivity contribution in [1.29, 1.82) is 0 Å². The Balaban J connectivity index is 1.77. The molecule has 7 nitrogen and oxygen atoms in total. The van der Waals surface area contributed by atoms with Crippen LogP contribution in [-0.4, -0.2) is 63.0 Å². The summed E-state index contributed by atoms with van der Waals surface area (Å²) in [7, 11) is 2.68. The van der Waals surface area contributed by atoms with Crippen LogP contribution in [0.25, 0.3) is 0 Å². The maximum atomic E-state index is 14.6. The van der Waals surface area contributed by atoms with Gasteiger partial charge in [-0.25, -0.2) is 9.18 Å². The van der Waals surface area contributed by atoms with Gasteiger partial charge in [-0.2, -0.15) is 0 Å². The third-order valence-corrected chi connectivity index (χ3v) is 8.27. The Bertz CT molecular complexity index is 877. The smallest absolute Gasteiger partial charge is 0.328 e. The minimum Gasteiger partial charge on any atom is -0.480 e. The number of carbonyl (C=O) groups excluding carboxylic acids is 1.